The zero-order valence-corrected chi connectivity index (χ0v) is 18.9. The molecule has 1 aromatic heterocycles. The molecule has 1 N–H and O–H groups in total. The monoisotopic (exact) mass is 466 g/mol. The van der Waals surface area contributed by atoms with Gasteiger partial charge >= 0.3 is 0 Å². The van der Waals surface area contributed by atoms with Gasteiger partial charge in [-0.15, -0.1) is 5.10 Å². The molecule has 0 aliphatic heterocycles. The van der Waals surface area contributed by atoms with Crippen LogP contribution in [-0.2, 0) is 0 Å². The van der Waals surface area contributed by atoms with E-state index in [1.54, 1.807) is 36.4 Å². The number of ether oxygens (including phenoxy) is 2. The average Bonchev–Trinajstić information content (AvgIpc) is 3.27. The Balaban J connectivity index is 1.77. The minimum Gasteiger partial charge on any atom is -0.497 e. The minimum absolute atomic E-state index is 0.0871. The van der Waals surface area contributed by atoms with Crippen LogP contribution in [0.1, 0.15) is 16.2 Å². The lowest BCUT2D eigenvalue weighted by atomic mass is 10.2. The van der Waals surface area contributed by atoms with E-state index in [4.69, 9.17) is 21.1 Å². The number of halogens is 2. The van der Waals surface area contributed by atoms with E-state index in [0.717, 1.165) is 5.56 Å². The second-order valence-electron chi connectivity index (χ2n) is 7.13. The first-order valence-electron chi connectivity index (χ1n) is 9.92. The van der Waals surface area contributed by atoms with E-state index < -0.39 is 5.91 Å². The molecular formula is C24H20ClFN4O3. The van der Waals surface area contributed by atoms with E-state index in [0.29, 0.717) is 39.3 Å². The van der Waals surface area contributed by atoms with Crippen molar-refractivity contribution in [2.24, 2.45) is 0 Å². The lowest BCUT2D eigenvalue weighted by Crippen LogP contribution is -2.15. The number of hydrogen-bond acceptors (Lipinski definition) is 5. The predicted octanol–water partition coefficient (Wildman–Crippen LogP) is 5.30. The van der Waals surface area contributed by atoms with Crippen molar-refractivity contribution in [3.05, 3.63) is 82.9 Å². The van der Waals surface area contributed by atoms with Crippen molar-refractivity contribution in [3.8, 4) is 28.6 Å². The van der Waals surface area contributed by atoms with Crippen molar-refractivity contribution in [1.29, 1.82) is 0 Å². The highest BCUT2D eigenvalue weighted by Crippen LogP contribution is 2.30. The Morgan fingerprint density at radius 3 is 2.45 bits per heavy atom. The van der Waals surface area contributed by atoms with E-state index in [-0.39, 0.29) is 11.6 Å². The summed E-state index contributed by atoms with van der Waals surface area (Å²) in [5.74, 6) is 0.334. The van der Waals surface area contributed by atoms with Crippen LogP contribution >= 0.6 is 11.6 Å². The number of benzene rings is 3. The Bertz CT molecular complexity index is 1320. The molecule has 0 atom stereocenters. The first-order chi connectivity index (χ1) is 15.9. The summed E-state index contributed by atoms with van der Waals surface area (Å²) in [5.41, 5.74) is 2.49. The minimum atomic E-state index is -0.554. The van der Waals surface area contributed by atoms with Crippen molar-refractivity contribution in [2.45, 2.75) is 6.92 Å². The maximum atomic E-state index is 13.5. The van der Waals surface area contributed by atoms with Gasteiger partial charge in [0.2, 0.25) is 5.82 Å². The zero-order chi connectivity index (χ0) is 23.5. The second kappa shape index (κ2) is 9.30. The number of aromatic nitrogens is 3. The van der Waals surface area contributed by atoms with Crippen LogP contribution in [0.3, 0.4) is 0 Å². The van der Waals surface area contributed by atoms with Crippen LogP contribution in [-0.4, -0.2) is 34.9 Å². The number of carbonyl (C=O) groups is 1. The lowest BCUT2D eigenvalue weighted by molar-refractivity contribution is 0.101. The molecule has 33 heavy (non-hydrogen) atoms. The van der Waals surface area contributed by atoms with E-state index >= 15 is 0 Å². The lowest BCUT2D eigenvalue weighted by Gasteiger charge is -2.10. The van der Waals surface area contributed by atoms with Gasteiger partial charge in [0.05, 0.1) is 25.6 Å². The van der Waals surface area contributed by atoms with Crippen molar-refractivity contribution in [3.63, 3.8) is 0 Å². The quantitative estimate of drug-likeness (QED) is 0.417. The van der Waals surface area contributed by atoms with Crippen LogP contribution in [0.15, 0.2) is 60.7 Å². The number of aryl methyl sites for hydroxylation is 1. The summed E-state index contributed by atoms with van der Waals surface area (Å²) in [6.45, 7) is 1.88. The smallest absolute Gasteiger partial charge is 0.295 e. The molecule has 0 fully saturated rings. The van der Waals surface area contributed by atoms with Gasteiger partial charge in [-0.05, 0) is 61.0 Å². The van der Waals surface area contributed by atoms with Crippen molar-refractivity contribution in [1.82, 2.24) is 14.8 Å². The molecule has 1 amide bonds. The van der Waals surface area contributed by atoms with E-state index in [9.17, 15) is 9.18 Å². The van der Waals surface area contributed by atoms with Crippen LogP contribution in [0.25, 0.3) is 17.1 Å². The maximum absolute atomic E-state index is 13.5. The fourth-order valence-corrected chi connectivity index (χ4v) is 3.35. The number of carbonyl (C=O) groups excluding carboxylic acids is 1. The standard InChI is InChI=1S/C24H20ClFN4O3/c1-14-4-9-17(12-19(14)25)30-23(15-5-7-16(26)8-6-15)28-22(29-30)24(31)27-20-13-18(32-2)10-11-21(20)33-3/h4-13H,1-3H3,(H,27,31). The molecule has 0 aliphatic carbocycles. The molecule has 0 unspecified atom stereocenters. The molecule has 168 valence electrons. The molecule has 4 rings (SSSR count). The first kappa shape index (κ1) is 22.3. The highest BCUT2D eigenvalue weighted by Gasteiger charge is 2.21. The number of anilines is 1. The summed E-state index contributed by atoms with van der Waals surface area (Å²) in [5, 5.41) is 7.71. The summed E-state index contributed by atoms with van der Waals surface area (Å²) in [4.78, 5) is 17.5. The molecule has 0 radical (unpaired) electrons. The number of methoxy groups -OCH3 is 2. The Morgan fingerprint density at radius 2 is 1.79 bits per heavy atom. The van der Waals surface area contributed by atoms with Crippen LogP contribution in [0.4, 0.5) is 10.1 Å². The van der Waals surface area contributed by atoms with Crippen LogP contribution in [0, 0.1) is 12.7 Å². The highest BCUT2D eigenvalue weighted by atomic mass is 35.5. The second-order valence-corrected chi connectivity index (χ2v) is 7.54. The molecule has 9 heteroatoms. The number of hydrogen-bond donors (Lipinski definition) is 1. The summed E-state index contributed by atoms with van der Waals surface area (Å²) in [6.07, 6.45) is 0. The van der Waals surface area contributed by atoms with Crippen LogP contribution in [0.2, 0.25) is 5.02 Å². The van der Waals surface area contributed by atoms with Crippen molar-refractivity contribution >= 4 is 23.2 Å². The van der Waals surface area contributed by atoms with Crippen LogP contribution in [0.5, 0.6) is 11.5 Å². The molecule has 0 saturated carbocycles. The third-order valence-electron chi connectivity index (χ3n) is 4.97. The molecule has 0 aliphatic rings. The molecule has 0 bridgehead atoms. The SMILES string of the molecule is COc1ccc(OC)c(NC(=O)c2nc(-c3ccc(F)cc3)n(-c3ccc(C)c(Cl)c3)n2)c1. The van der Waals surface area contributed by atoms with Crippen molar-refractivity contribution in [2.75, 3.05) is 19.5 Å². The third-order valence-corrected chi connectivity index (χ3v) is 5.37. The largest absolute Gasteiger partial charge is 0.497 e. The number of nitrogens with one attached hydrogen (secondary N) is 1. The Hall–Kier alpha value is -3.91. The Kier molecular flexibility index (Phi) is 6.28. The van der Waals surface area contributed by atoms with Gasteiger partial charge < -0.3 is 14.8 Å². The molecule has 1 heterocycles. The highest BCUT2D eigenvalue weighted by molar-refractivity contribution is 6.31. The number of nitrogens with zero attached hydrogens (tertiary/aromatic N) is 3. The van der Waals surface area contributed by atoms with Crippen molar-refractivity contribution < 1.29 is 18.7 Å². The molecule has 3 aromatic carbocycles. The van der Waals surface area contributed by atoms with Gasteiger partial charge in [0.25, 0.3) is 5.91 Å². The summed E-state index contributed by atoms with van der Waals surface area (Å²) in [7, 11) is 3.02. The molecular weight excluding hydrogens is 447 g/mol. The number of amides is 1. The Morgan fingerprint density at radius 1 is 1.03 bits per heavy atom. The topological polar surface area (TPSA) is 78.3 Å². The summed E-state index contributed by atoms with van der Waals surface area (Å²) in [6, 6.07) is 16.2. The summed E-state index contributed by atoms with van der Waals surface area (Å²) < 4.78 is 25.5. The van der Waals surface area contributed by atoms with Gasteiger partial charge in [0.1, 0.15) is 17.3 Å². The average molecular weight is 467 g/mol. The molecule has 0 spiro atoms. The fraction of sp³-hybridized carbons (Fsp3) is 0.125. The zero-order valence-electron chi connectivity index (χ0n) is 18.1. The summed E-state index contributed by atoms with van der Waals surface area (Å²) >= 11 is 6.31. The molecule has 4 aromatic rings. The van der Waals surface area contributed by atoms with Gasteiger partial charge in [-0.25, -0.2) is 14.1 Å². The van der Waals surface area contributed by atoms with Gasteiger partial charge in [-0.2, -0.15) is 0 Å². The van der Waals surface area contributed by atoms with Crippen LogP contribution < -0.4 is 14.8 Å². The van der Waals surface area contributed by atoms with Gasteiger partial charge in [0.15, 0.2) is 5.82 Å². The number of rotatable bonds is 6. The van der Waals surface area contributed by atoms with E-state index in [2.05, 4.69) is 15.4 Å². The van der Waals surface area contributed by atoms with E-state index in [1.165, 1.54) is 31.0 Å². The maximum Gasteiger partial charge on any atom is 0.295 e. The predicted molar refractivity (Wildman–Crippen MR) is 124 cm³/mol. The fourth-order valence-electron chi connectivity index (χ4n) is 3.18. The van der Waals surface area contributed by atoms with Gasteiger partial charge in [0, 0.05) is 16.7 Å². The first-order valence-corrected chi connectivity index (χ1v) is 10.3. The van der Waals surface area contributed by atoms with E-state index in [1.807, 2.05) is 19.1 Å². The Labute approximate surface area is 194 Å². The van der Waals surface area contributed by atoms with Gasteiger partial charge in [-0.1, -0.05) is 17.7 Å². The third kappa shape index (κ3) is 4.65. The van der Waals surface area contributed by atoms with Gasteiger partial charge in [-0.3, -0.25) is 4.79 Å². The molecule has 0 saturated heterocycles. The molecule has 7 nitrogen and oxygen atoms in total. The normalized spacial score (nSPS) is 10.7.